The molecular weight excluding hydrogens is 229 g/mol. The van der Waals surface area contributed by atoms with Gasteiger partial charge in [0.15, 0.2) is 0 Å². The van der Waals surface area contributed by atoms with Gasteiger partial charge in [0.05, 0.1) is 5.56 Å². The number of halogens is 3. The highest BCUT2D eigenvalue weighted by molar-refractivity contribution is 5.26. The van der Waals surface area contributed by atoms with E-state index in [9.17, 15) is 13.2 Å². The maximum absolute atomic E-state index is 12.5. The molecule has 0 spiro atoms. The smallest absolute Gasteiger partial charge is 0.331 e. The molecule has 0 radical (unpaired) electrons. The Morgan fingerprint density at radius 3 is 2.65 bits per heavy atom. The van der Waals surface area contributed by atoms with Crippen LogP contribution in [0.2, 0.25) is 0 Å². The molecule has 1 aromatic heterocycles. The molecule has 0 aliphatic carbocycles. The van der Waals surface area contributed by atoms with E-state index < -0.39 is 11.7 Å². The highest BCUT2D eigenvalue weighted by atomic mass is 19.4. The van der Waals surface area contributed by atoms with Gasteiger partial charge in [0.1, 0.15) is 5.82 Å². The van der Waals surface area contributed by atoms with Crippen molar-refractivity contribution in [1.82, 2.24) is 9.55 Å². The summed E-state index contributed by atoms with van der Waals surface area (Å²) >= 11 is 0. The number of aryl methyl sites for hydroxylation is 1. The fraction of sp³-hybridized carbons (Fsp3) is 0.250. The molecular formula is C12H11F3N2. The number of benzene rings is 1. The van der Waals surface area contributed by atoms with Crippen LogP contribution < -0.4 is 0 Å². The Hall–Kier alpha value is -1.78. The molecule has 2 rings (SSSR count). The zero-order valence-electron chi connectivity index (χ0n) is 9.20. The molecule has 1 heterocycles. The SMILES string of the molecule is Cc1nccn1Cc1cccc(C(F)(F)F)c1. The first-order chi connectivity index (χ1) is 7.97. The van der Waals surface area contributed by atoms with Crippen LogP contribution in [0.4, 0.5) is 13.2 Å². The van der Waals surface area contributed by atoms with Gasteiger partial charge in [0.2, 0.25) is 0 Å². The molecule has 90 valence electrons. The van der Waals surface area contributed by atoms with Gasteiger partial charge in [-0.05, 0) is 24.6 Å². The molecule has 0 unspecified atom stereocenters. The number of hydrogen-bond acceptors (Lipinski definition) is 1. The number of nitrogens with zero attached hydrogens (tertiary/aromatic N) is 2. The molecule has 0 amide bonds. The summed E-state index contributed by atoms with van der Waals surface area (Å²) in [6.45, 7) is 2.21. The molecule has 0 fully saturated rings. The molecule has 2 aromatic rings. The Bertz CT molecular complexity index is 514. The van der Waals surface area contributed by atoms with Gasteiger partial charge in [-0.3, -0.25) is 0 Å². The van der Waals surface area contributed by atoms with Crippen molar-refractivity contribution in [1.29, 1.82) is 0 Å². The summed E-state index contributed by atoms with van der Waals surface area (Å²) in [5, 5.41) is 0. The Morgan fingerprint density at radius 1 is 1.29 bits per heavy atom. The van der Waals surface area contributed by atoms with E-state index in [4.69, 9.17) is 0 Å². The van der Waals surface area contributed by atoms with E-state index in [0.29, 0.717) is 12.1 Å². The van der Waals surface area contributed by atoms with E-state index in [-0.39, 0.29) is 0 Å². The van der Waals surface area contributed by atoms with Gasteiger partial charge >= 0.3 is 6.18 Å². The Morgan fingerprint density at radius 2 is 2.06 bits per heavy atom. The van der Waals surface area contributed by atoms with Gasteiger partial charge in [-0.2, -0.15) is 13.2 Å². The second-order valence-electron chi connectivity index (χ2n) is 3.80. The van der Waals surface area contributed by atoms with Crippen molar-refractivity contribution in [2.24, 2.45) is 0 Å². The minimum Gasteiger partial charge on any atom is -0.331 e. The van der Waals surface area contributed by atoms with Crippen LogP contribution in [0.3, 0.4) is 0 Å². The normalized spacial score (nSPS) is 11.8. The zero-order valence-corrected chi connectivity index (χ0v) is 9.20. The molecule has 0 N–H and O–H groups in total. The van der Waals surface area contributed by atoms with E-state index >= 15 is 0 Å². The zero-order chi connectivity index (χ0) is 12.5. The number of hydrogen-bond donors (Lipinski definition) is 0. The van der Waals surface area contributed by atoms with Crippen LogP contribution in [0, 0.1) is 6.92 Å². The summed E-state index contributed by atoms with van der Waals surface area (Å²) in [7, 11) is 0. The number of imidazole rings is 1. The van der Waals surface area contributed by atoms with Crippen molar-refractivity contribution in [3.8, 4) is 0 Å². The highest BCUT2D eigenvalue weighted by Gasteiger charge is 2.30. The quantitative estimate of drug-likeness (QED) is 0.787. The average Bonchev–Trinajstić information content (AvgIpc) is 2.64. The molecule has 0 aliphatic heterocycles. The monoisotopic (exact) mass is 240 g/mol. The summed E-state index contributed by atoms with van der Waals surface area (Å²) in [5.74, 6) is 0.780. The van der Waals surface area contributed by atoms with Gasteiger partial charge in [-0.1, -0.05) is 12.1 Å². The van der Waals surface area contributed by atoms with E-state index in [1.54, 1.807) is 23.0 Å². The van der Waals surface area contributed by atoms with Crippen LogP contribution in [0.5, 0.6) is 0 Å². The highest BCUT2D eigenvalue weighted by Crippen LogP contribution is 2.29. The van der Waals surface area contributed by atoms with Gasteiger partial charge in [-0.25, -0.2) is 4.98 Å². The van der Waals surface area contributed by atoms with Crippen molar-refractivity contribution in [2.75, 3.05) is 0 Å². The molecule has 5 heteroatoms. The van der Waals surface area contributed by atoms with Crippen molar-refractivity contribution in [2.45, 2.75) is 19.6 Å². The second kappa shape index (κ2) is 4.24. The number of rotatable bonds is 2. The van der Waals surface area contributed by atoms with E-state index in [1.807, 2.05) is 6.92 Å². The largest absolute Gasteiger partial charge is 0.416 e. The standard InChI is InChI=1S/C12H11F3N2/c1-9-16-5-6-17(9)8-10-3-2-4-11(7-10)12(13,14)15/h2-7H,8H2,1H3. The maximum Gasteiger partial charge on any atom is 0.416 e. The van der Waals surface area contributed by atoms with Crippen LogP contribution in [-0.4, -0.2) is 9.55 Å². The first-order valence-electron chi connectivity index (χ1n) is 5.11. The number of aromatic nitrogens is 2. The van der Waals surface area contributed by atoms with Crippen molar-refractivity contribution < 1.29 is 13.2 Å². The fourth-order valence-electron chi connectivity index (χ4n) is 1.61. The minimum atomic E-state index is -4.29. The lowest BCUT2D eigenvalue weighted by molar-refractivity contribution is -0.137. The Kier molecular flexibility index (Phi) is 2.92. The molecule has 0 saturated heterocycles. The fourth-order valence-corrected chi connectivity index (χ4v) is 1.61. The lowest BCUT2D eigenvalue weighted by Crippen LogP contribution is -2.07. The van der Waals surface area contributed by atoms with Gasteiger partial charge in [0.25, 0.3) is 0 Å². The summed E-state index contributed by atoms with van der Waals surface area (Å²) in [6.07, 6.45) is -0.918. The van der Waals surface area contributed by atoms with E-state index in [2.05, 4.69) is 4.98 Å². The lowest BCUT2D eigenvalue weighted by atomic mass is 10.1. The van der Waals surface area contributed by atoms with Crippen LogP contribution in [-0.2, 0) is 12.7 Å². The van der Waals surface area contributed by atoms with Crippen LogP contribution in [0.25, 0.3) is 0 Å². The lowest BCUT2D eigenvalue weighted by Gasteiger charge is -2.09. The van der Waals surface area contributed by atoms with Crippen molar-refractivity contribution in [3.63, 3.8) is 0 Å². The third-order valence-corrected chi connectivity index (χ3v) is 2.53. The van der Waals surface area contributed by atoms with Crippen LogP contribution in [0.1, 0.15) is 17.0 Å². The second-order valence-corrected chi connectivity index (χ2v) is 3.80. The van der Waals surface area contributed by atoms with Gasteiger partial charge < -0.3 is 4.57 Å². The summed E-state index contributed by atoms with van der Waals surface area (Å²) in [5.41, 5.74) is -0.00584. The molecule has 2 nitrogen and oxygen atoms in total. The first kappa shape index (κ1) is 11.7. The average molecular weight is 240 g/mol. The van der Waals surface area contributed by atoms with Crippen molar-refractivity contribution >= 4 is 0 Å². The summed E-state index contributed by atoms with van der Waals surface area (Å²) in [4.78, 5) is 4.02. The maximum atomic E-state index is 12.5. The molecule has 17 heavy (non-hydrogen) atoms. The predicted molar refractivity (Wildman–Crippen MR) is 57.5 cm³/mol. The Labute approximate surface area is 96.7 Å². The molecule has 0 aliphatic rings. The van der Waals surface area contributed by atoms with Crippen molar-refractivity contribution in [3.05, 3.63) is 53.6 Å². The van der Waals surface area contributed by atoms with Gasteiger partial charge in [-0.15, -0.1) is 0 Å². The third-order valence-electron chi connectivity index (χ3n) is 2.53. The molecule has 0 atom stereocenters. The van der Waals surface area contributed by atoms with Crippen LogP contribution in [0.15, 0.2) is 36.7 Å². The Balaban J connectivity index is 2.26. The third kappa shape index (κ3) is 2.67. The predicted octanol–water partition coefficient (Wildman–Crippen LogP) is 3.26. The minimum absolute atomic E-state index is 0.399. The number of alkyl halides is 3. The first-order valence-corrected chi connectivity index (χ1v) is 5.11. The van der Waals surface area contributed by atoms with Gasteiger partial charge in [0, 0.05) is 18.9 Å². The molecule has 0 saturated carbocycles. The topological polar surface area (TPSA) is 17.8 Å². The van der Waals surface area contributed by atoms with E-state index in [0.717, 1.165) is 11.9 Å². The summed E-state index contributed by atoms with van der Waals surface area (Å²) in [6, 6.07) is 5.34. The van der Waals surface area contributed by atoms with Crippen LogP contribution >= 0.6 is 0 Å². The summed E-state index contributed by atoms with van der Waals surface area (Å²) < 4.78 is 39.3. The van der Waals surface area contributed by atoms with E-state index in [1.165, 1.54) is 12.1 Å². The molecule has 0 bridgehead atoms. The molecule has 1 aromatic carbocycles.